The first-order valence-electron chi connectivity index (χ1n) is 8.24. The highest BCUT2D eigenvalue weighted by Gasteiger charge is 2.47. The maximum atomic E-state index is 13.0. The molecule has 3 aliphatic heterocycles. The highest BCUT2D eigenvalue weighted by Crippen LogP contribution is 2.44. The first kappa shape index (κ1) is 16.3. The monoisotopic (exact) mass is 341 g/mol. The van der Waals surface area contributed by atoms with Crippen LogP contribution in [0.15, 0.2) is 16.8 Å². The molecule has 1 saturated carbocycles. The Balaban J connectivity index is 0.00000144. The van der Waals surface area contributed by atoms with Crippen LogP contribution >= 0.6 is 23.7 Å². The Bertz CT molecular complexity index is 505. The molecule has 0 N–H and O–H groups in total. The van der Waals surface area contributed by atoms with Gasteiger partial charge in [-0.05, 0) is 67.1 Å². The molecule has 122 valence electrons. The molecular weight excluding hydrogens is 318 g/mol. The largest absolute Gasteiger partial charge is 0.460 e. The zero-order chi connectivity index (χ0) is 14.3. The van der Waals surface area contributed by atoms with Gasteiger partial charge in [-0.3, -0.25) is 9.69 Å². The van der Waals surface area contributed by atoms with Gasteiger partial charge in [-0.2, -0.15) is 11.3 Å². The van der Waals surface area contributed by atoms with E-state index in [9.17, 15) is 4.79 Å². The smallest absolute Gasteiger partial charge is 0.316 e. The lowest BCUT2D eigenvalue weighted by Crippen LogP contribution is -2.53. The van der Waals surface area contributed by atoms with Crippen LogP contribution in [0.25, 0.3) is 0 Å². The van der Waals surface area contributed by atoms with Crippen LogP contribution in [0.4, 0.5) is 0 Å². The van der Waals surface area contributed by atoms with Gasteiger partial charge < -0.3 is 4.74 Å². The number of hydrogen-bond donors (Lipinski definition) is 0. The van der Waals surface area contributed by atoms with Crippen LogP contribution in [0.3, 0.4) is 0 Å². The Morgan fingerprint density at radius 1 is 1.27 bits per heavy atom. The standard InChI is InChI=1S/C17H23NO2S.ClH/c19-16(20-15-11-18-8-3-13(15)4-9-18)17(6-1-2-7-17)14-5-10-21-12-14;/h5,10,12-13,15H,1-4,6-9,11H2;1H. The number of hydrogen-bond acceptors (Lipinski definition) is 4. The maximum Gasteiger partial charge on any atom is 0.316 e. The molecule has 0 aromatic carbocycles. The fraction of sp³-hybridized carbons (Fsp3) is 0.706. The van der Waals surface area contributed by atoms with Crippen LogP contribution in [-0.4, -0.2) is 36.6 Å². The number of fused-ring (bicyclic) bond motifs is 3. The van der Waals surface area contributed by atoms with E-state index in [2.05, 4.69) is 21.7 Å². The Hall–Kier alpha value is -0.580. The van der Waals surface area contributed by atoms with E-state index in [0.29, 0.717) is 5.92 Å². The van der Waals surface area contributed by atoms with Crippen LogP contribution in [0.2, 0.25) is 0 Å². The molecule has 1 aromatic rings. The zero-order valence-corrected chi connectivity index (χ0v) is 14.5. The molecule has 5 heteroatoms. The Kier molecular flexibility index (Phi) is 4.81. The lowest BCUT2D eigenvalue weighted by molar-refractivity contribution is -0.165. The van der Waals surface area contributed by atoms with Gasteiger partial charge in [0, 0.05) is 6.54 Å². The van der Waals surface area contributed by atoms with Crippen LogP contribution in [-0.2, 0) is 14.9 Å². The molecule has 2 bridgehead atoms. The van der Waals surface area contributed by atoms with E-state index in [4.69, 9.17) is 4.74 Å². The van der Waals surface area contributed by atoms with Gasteiger partial charge in [0.25, 0.3) is 0 Å². The summed E-state index contributed by atoms with van der Waals surface area (Å²) in [6.45, 7) is 3.33. The van der Waals surface area contributed by atoms with Gasteiger partial charge in [0.2, 0.25) is 0 Å². The SMILES string of the molecule is Cl.O=C(OC1CN2CCC1CC2)C1(c2ccsc2)CCCC1. The molecule has 5 rings (SSSR count). The highest BCUT2D eigenvalue weighted by atomic mass is 35.5. The minimum absolute atomic E-state index is 0. The summed E-state index contributed by atoms with van der Waals surface area (Å²) in [7, 11) is 0. The maximum absolute atomic E-state index is 13.0. The van der Waals surface area contributed by atoms with Gasteiger partial charge in [0.1, 0.15) is 6.10 Å². The quantitative estimate of drug-likeness (QED) is 0.786. The predicted molar refractivity (Wildman–Crippen MR) is 90.8 cm³/mol. The molecule has 3 saturated heterocycles. The van der Waals surface area contributed by atoms with Crippen molar-refractivity contribution in [2.75, 3.05) is 19.6 Å². The summed E-state index contributed by atoms with van der Waals surface area (Å²) in [6, 6.07) is 2.12. The molecule has 22 heavy (non-hydrogen) atoms. The Morgan fingerprint density at radius 3 is 2.55 bits per heavy atom. The van der Waals surface area contributed by atoms with Crippen molar-refractivity contribution in [2.45, 2.75) is 50.0 Å². The van der Waals surface area contributed by atoms with E-state index >= 15 is 0 Å². The fourth-order valence-electron chi connectivity index (χ4n) is 4.42. The van der Waals surface area contributed by atoms with Crippen molar-refractivity contribution in [1.29, 1.82) is 0 Å². The van der Waals surface area contributed by atoms with Crippen molar-refractivity contribution < 1.29 is 9.53 Å². The second kappa shape index (κ2) is 6.50. The van der Waals surface area contributed by atoms with Gasteiger partial charge in [0.15, 0.2) is 0 Å². The number of carbonyl (C=O) groups is 1. The minimum Gasteiger partial charge on any atom is -0.460 e. The summed E-state index contributed by atoms with van der Waals surface area (Å²) >= 11 is 1.68. The average Bonchev–Trinajstić information content (AvgIpc) is 3.20. The molecule has 1 unspecified atom stereocenters. The second-order valence-corrected chi connectivity index (χ2v) is 7.66. The fourth-order valence-corrected chi connectivity index (χ4v) is 5.18. The number of piperidine rings is 3. The number of carbonyl (C=O) groups excluding carboxylic acids is 1. The normalized spacial score (nSPS) is 32.5. The summed E-state index contributed by atoms with van der Waals surface area (Å²) in [5, 5.41) is 4.22. The number of nitrogens with zero attached hydrogens (tertiary/aromatic N) is 1. The molecule has 1 aliphatic carbocycles. The van der Waals surface area contributed by atoms with E-state index in [-0.39, 0.29) is 29.9 Å². The number of thiophene rings is 1. The molecule has 4 fully saturated rings. The van der Waals surface area contributed by atoms with Gasteiger partial charge in [-0.25, -0.2) is 0 Å². The van der Waals surface area contributed by atoms with Crippen LogP contribution < -0.4 is 0 Å². The van der Waals surface area contributed by atoms with Crippen molar-refractivity contribution >= 4 is 29.7 Å². The van der Waals surface area contributed by atoms with E-state index < -0.39 is 0 Å². The average molecular weight is 342 g/mol. The van der Waals surface area contributed by atoms with Crippen LogP contribution in [0, 0.1) is 5.92 Å². The van der Waals surface area contributed by atoms with Gasteiger partial charge >= 0.3 is 5.97 Å². The summed E-state index contributed by atoms with van der Waals surface area (Å²) < 4.78 is 6.06. The number of rotatable bonds is 3. The van der Waals surface area contributed by atoms with E-state index in [1.165, 1.54) is 31.5 Å². The molecule has 0 amide bonds. The Labute approximate surface area is 142 Å². The minimum atomic E-state index is -0.341. The first-order chi connectivity index (χ1) is 10.3. The molecule has 0 radical (unpaired) electrons. The third-order valence-electron chi connectivity index (χ3n) is 5.78. The van der Waals surface area contributed by atoms with Crippen molar-refractivity contribution in [2.24, 2.45) is 5.92 Å². The van der Waals surface area contributed by atoms with Gasteiger partial charge in [-0.1, -0.05) is 12.8 Å². The summed E-state index contributed by atoms with van der Waals surface area (Å²) in [6.07, 6.45) is 6.74. The lowest BCUT2D eigenvalue weighted by atomic mass is 9.80. The molecule has 3 nitrogen and oxygen atoms in total. The third kappa shape index (κ3) is 2.70. The predicted octanol–water partition coefficient (Wildman–Crippen LogP) is 3.62. The molecule has 4 heterocycles. The second-order valence-electron chi connectivity index (χ2n) is 6.88. The van der Waals surface area contributed by atoms with Crippen LogP contribution in [0.5, 0.6) is 0 Å². The third-order valence-corrected chi connectivity index (χ3v) is 6.46. The van der Waals surface area contributed by atoms with E-state index in [0.717, 1.165) is 32.2 Å². The lowest BCUT2D eigenvalue weighted by Gasteiger charge is -2.44. The van der Waals surface area contributed by atoms with Crippen molar-refractivity contribution in [3.63, 3.8) is 0 Å². The topological polar surface area (TPSA) is 29.5 Å². The highest BCUT2D eigenvalue weighted by molar-refractivity contribution is 7.08. The molecular formula is C17H24ClNO2S. The number of ether oxygens (including phenoxy) is 1. The van der Waals surface area contributed by atoms with Crippen LogP contribution in [0.1, 0.15) is 44.1 Å². The Morgan fingerprint density at radius 2 is 2.00 bits per heavy atom. The van der Waals surface area contributed by atoms with Crippen molar-refractivity contribution in [1.82, 2.24) is 4.90 Å². The van der Waals surface area contributed by atoms with E-state index in [1.807, 2.05) is 0 Å². The first-order valence-corrected chi connectivity index (χ1v) is 9.18. The summed E-state index contributed by atoms with van der Waals surface area (Å²) in [5.41, 5.74) is 0.850. The zero-order valence-electron chi connectivity index (χ0n) is 12.8. The van der Waals surface area contributed by atoms with Crippen molar-refractivity contribution in [3.05, 3.63) is 22.4 Å². The molecule has 1 aromatic heterocycles. The van der Waals surface area contributed by atoms with Gasteiger partial charge in [0.05, 0.1) is 5.41 Å². The molecule has 4 aliphatic rings. The molecule has 0 spiro atoms. The van der Waals surface area contributed by atoms with Crippen molar-refractivity contribution in [3.8, 4) is 0 Å². The summed E-state index contributed by atoms with van der Waals surface area (Å²) in [5.74, 6) is 0.650. The van der Waals surface area contributed by atoms with E-state index in [1.54, 1.807) is 11.3 Å². The van der Waals surface area contributed by atoms with Gasteiger partial charge in [-0.15, -0.1) is 12.4 Å². The molecule has 1 atom stereocenters. The number of esters is 1. The number of halogens is 1. The summed E-state index contributed by atoms with van der Waals surface area (Å²) in [4.78, 5) is 15.4.